The summed E-state index contributed by atoms with van der Waals surface area (Å²) >= 11 is 5.94. The van der Waals surface area contributed by atoms with Crippen LogP contribution in [0.1, 0.15) is 23.2 Å². The predicted octanol–water partition coefficient (Wildman–Crippen LogP) is 5.43. The minimum absolute atomic E-state index is 0.170. The smallest absolute Gasteiger partial charge is 0.307 e. The van der Waals surface area contributed by atoms with Gasteiger partial charge in [-0.05, 0) is 53.4 Å². The number of aliphatic carboxylic acids is 1. The first-order valence-corrected chi connectivity index (χ1v) is 7.93. The van der Waals surface area contributed by atoms with Crippen molar-refractivity contribution in [3.8, 4) is 11.1 Å². The number of benzene rings is 2. The maximum Gasteiger partial charge on any atom is 0.307 e. The number of hydrogen-bond donors (Lipinski definition) is 1. The van der Waals surface area contributed by atoms with Crippen LogP contribution >= 0.6 is 11.6 Å². The molecule has 25 heavy (non-hydrogen) atoms. The maximum absolute atomic E-state index is 13.0. The zero-order valence-electron chi connectivity index (χ0n) is 13.3. The minimum Gasteiger partial charge on any atom is -0.481 e. The number of fused-ring (bicyclic) bond motifs is 1. The van der Waals surface area contributed by atoms with Gasteiger partial charge in [0, 0.05) is 10.4 Å². The lowest BCUT2D eigenvalue weighted by Gasteiger charge is -2.16. The van der Waals surface area contributed by atoms with Crippen LogP contribution in [0.25, 0.3) is 22.0 Å². The summed E-state index contributed by atoms with van der Waals surface area (Å²) < 4.78 is 25.9. The zero-order chi connectivity index (χ0) is 18.1. The molecule has 1 heterocycles. The molecule has 3 rings (SSSR count). The first-order chi connectivity index (χ1) is 11.9. The van der Waals surface area contributed by atoms with E-state index in [-0.39, 0.29) is 12.1 Å². The van der Waals surface area contributed by atoms with Crippen molar-refractivity contribution in [2.75, 3.05) is 0 Å². The number of halogens is 3. The van der Waals surface area contributed by atoms with E-state index in [1.54, 1.807) is 43.3 Å². The summed E-state index contributed by atoms with van der Waals surface area (Å²) in [6.07, 6.45) is -2.83. The van der Waals surface area contributed by atoms with Crippen molar-refractivity contribution in [3.05, 3.63) is 64.3 Å². The molecular formula is C19H14ClF2NO2. The number of alkyl halides is 2. The average Bonchev–Trinajstić information content (AvgIpc) is 2.55. The lowest BCUT2D eigenvalue weighted by atomic mass is 9.90. The number of rotatable bonds is 4. The Morgan fingerprint density at radius 1 is 1.20 bits per heavy atom. The van der Waals surface area contributed by atoms with Crippen LogP contribution in [0.15, 0.2) is 42.5 Å². The number of carbonyl (C=O) groups is 1. The van der Waals surface area contributed by atoms with E-state index in [9.17, 15) is 18.7 Å². The van der Waals surface area contributed by atoms with Crippen molar-refractivity contribution < 1.29 is 18.7 Å². The number of aromatic nitrogens is 1. The zero-order valence-corrected chi connectivity index (χ0v) is 14.0. The van der Waals surface area contributed by atoms with Gasteiger partial charge in [0.25, 0.3) is 6.43 Å². The van der Waals surface area contributed by atoms with Crippen molar-refractivity contribution in [1.29, 1.82) is 0 Å². The predicted molar refractivity (Wildman–Crippen MR) is 93.2 cm³/mol. The van der Waals surface area contributed by atoms with Crippen LogP contribution in [-0.2, 0) is 11.2 Å². The van der Waals surface area contributed by atoms with E-state index >= 15 is 0 Å². The Morgan fingerprint density at radius 2 is 1.88 bits per heavy atom. The molecule has 0 unspecified atom stereocenters. The summed E-state index contributed by atoms with van der Waals surface area (Å²) in [4.78, 5) is 15.3. The van der Waals surface area contributed by atoms with Crippen LogP contribution < -0.4 is 0 Å². The highest BCUT2D eigenvalue weighted by Gasteiger charge is 2.18. The first kappa shape index (κ1) is 17.3. The second kappa shape index (κ2) is 6.76. The van der Waals surface area contributed by atoms with Gasteiger partial charge in [0.05, 0.1) is 11.9 Å². The Hall–Kier alpha value is -2.53. The van der Waals surface area contributed by atoms with Crippen molar-refractivity contribution in [3.63, 3.8) is 0 Å². The van der Waals surface area contributed by atoms with Crippen molar-refractivity contribution in [1.82, 2.24) is 4.98 Å². The highest BCUT2D eigenvalue weighted by molar-refractivity contribution is 6.30. The molecule has 3 nitrogen and oxygen atoms in total. The molecule has 0 fully saturated rings. The molecule has 0 bridgehead atoms. The monoisotopic (exact) mass is 361 g/mol. The third-order valence-corrected chi connectivity index (χ3v) is 4.28. The molecular weight excluding hydrogens is 348 g/mol. The lowest BCUT2D eigenvalue weighted by molar-refractivity contribution is -0.136. The summed E-state index contributed by atoms with van der Waals surface area (Å²) in [5, 5.41) is 10.4. The van der Waals surface area contributed by atoms with Crippen LogP contribution in [0.2, 0.25) is 5.02 Å². The van der Waals surface area contributed by atoms with E-state index in [0.717, 1.165) is 5.56 Å². The molecule has 1 N–H and O–H groups in total. The van der Waals surface area contributed by atoms with E-state index in [0.29, 0.717) is 32.6 Å². The third-order valence-electron chi connectivity index (χ3n) is 4.03. The molecule has 0 amide bonds. The van der Waals surface area contributed by atoms with E-state index in [2.05, 4.69) is 4.98 Å². The fourth-order valence-electron chi connectivity index (χ4n) is 2.91. The van der Waals surface area contributed by atoms with Crippen LogP contribution in [-0.4, -0.2) is 16.1 Å². The second-order valence-corrected chi connectivity index (χ2v) is 6.16. The van der Waals surface area contributed by atoms with Gasteiger partial charge < -0.3 is 5.11 Å². The van der Waals surface area contributed by atoms with Gasteiger partial charge in [0.15, 0.2) is 0 Å². The molecule has 0 aliphatic heterocycles. The Labute approximate surface area is 147 Å². The van der Waals surface area contributed by atoms with Gasteiger partial charge in [0.2, 0.25) is 0 Å². The minimum atomic E-state index is -2.66. The standard InChI is InChI=1S/C19H14ClF2NO2/c1-10-8-16-13(6-7-15(23-16)19(21)22)18(14(10)9-17(24)25)11-2-4-12(20)5-3-11/h2-8,19H,9H2,1H3,(H,24,25). The largest absolute Gasteiger partial charge is 0.481 e. The molecule has 0 saturated heterocycles. The molecule has 0 atom stereocenters. The maximum atomic E-state index is 13.0. The van der Waals surface area contributed by atoms with Gasteiger partial charge in [0.1, 0.15) is 5.69 Å². The Kier molecular flexibility index (Phi) is 4.68. The van der Waals surface area contributed by atoms with Gasteiger partial charge >= 0.3 is 5.97 Å². The van der Waals surface area contributed by atoms with Crippen molar-refractivity contribution in [2.45, 2.75) is 19.8 Å². The summed E-state index contributed by atoms with van der Waals surface area (Å²) in [5.41, 5.74) is 2.88. The summed E-state index contributed by atoms with van der Waals surface area (Å²) in [5.74, 6) is -0.963. The fraction of sp³-hybridized carbons (Fsp3) is 0.158. The molecule has 128 valence electrons. The molecule has 0 saturated carbocycles. The molecule has 6 heteroatoms. The van der Waals surface area contributed by atoms with E-state index in [4.69, 9.17) is 11.6 Å². The quantitative estimate of drug-likeness (QED) is 0.674. The number of carboxylic acids is 1. The summed E-state index contributed by atoms with van der Waals surface area (Å²) in [6, 6.07) is 11.5. The SMILES string of the molecule is Cc1cc2nc(C(F)F)ccc2c(-c2ccc(Cl)cc2)c1CC(=O)O. The Bertz CT molecular complexity index is 956. The van der Waals surface area contributed by atoms with Crippen LogP contribution in [0.5, 0.6) is 0 Å². The lowest BCUT2D eigenvalue weighted by Crippen LogP contribution is -2.05. The summed E-state index contributed by atoms with van der Waals surface area (Å²) in [7, 11) is 0. The second-order valence-electron chi connectivity index (χ2n) is 5.73. The van der Waals surface area contributed by atoms with E-state index in [1.807, 2.05) is 0 Å². The number of aryl methyl sites for hydroxylation is 1. The first-order valence-electron chi connectivity index (χ1n) is 7.56. The van der Waals surface area contributed by atoms with E-state index in [1.165, 1.54) is 6.07 Å². The van der Waals surface area contributed by atoms with Gasteiger partial charge in [-0.2, -0.15) is 0 Å². The number of nitrogens with zero attached hydrogens (tertiary/aromatic N) is 1. The molecule has 0 radical (unpaired) electrons. The van der Waals surface area contributed by atoms with Crippen LogP contribution in [0, 0.1) is 6.92 Å². The summed E-state index contributed by atoms with van der Waals surface area (Å²) in [6.45, 7) is 1.76. The van der Waals surface area contributed by atoms with Crippen molar-refractivity contribution in [2.24, 2.45) is 0 Å². The van der Waals surface area contributed by atoms with Crippen LogP contribution in [0.4, 0.5) is 8.78 Å². The fourth-order valence-corrected chi connectivity index (χ4v) is 3.04. The molecule has 0 spiro atoms. The number of hydrogen-bond acceptors (Lipinski definition) is 2. The normalized spacial score (nSPS) is 11.2. The van der Waals surface area contributed by atoms with Gasteiger partial charge in [-0.15, -0.1) is 0 Å². The Balaban J connectivity index is 2.35. The van der Waals surface area contributed by atoms with E-state index < -0.39 is 12.4 Å². The molecule has 0 aliphatic carbocycles. The molecule has 0 aliphatic rings. The number of pyridine rings is 1. The number of carboxylic acid groups (broad SMARTS) is 1. The third kappa shape index (κ3) is 3.46. The molecule has 2 aromatic carbocycles. The topological polar surface area (TPSA) is 50.2 Å². The highest BCUT2D eigenvalue weighted by Crippen LogP contribution is 2.35. The Morgan fingerprint density at radius 3 is 2.48 bits per heavy atom. The van der Waals surface area contributed by atoms with Crippen molar-refractivity contribution >= 4 is 28.5 Å². The highest BCUT2D eigenvalue weighted by atomic mass is 35.5. The van der Waals surface area contributed by atoms with Gasteiger partial charge in [-0.3, -0.25) is 4.79 Å². The molecule has 3 aromatic rings. The average molecular weight is 362 g/mol. The van der Waals surface area contributed by atoms with Crippen LogP contribution in [0.3, 0.4) is 0 Å². The van der Waals surface area contributed by atoms with Gasteiger partial charge in [-0.25, -0.2) is 13.8 Å². The molecule has 1 aromatic heterocycles. The van der Waals surface area contributed by atoms with Gasteiger partial charge in [-0.1, -0.05) is 29.8 Å².